The van der Waals surface area contributed by atoms with Crippen LogP contribution in [0.1, 0.15) is 108 Å². The molecule has 0 saturated heterocycles. The number of Topliss-reactive ketones (excluding diaryl/α,β-unsaturated/α-hetero) is 3. The van der Waals surface area contributed by atoms with Crippen molar-refractivity contribution in [2.45, 2.75) is 92.0 Å². The number of ketones is 3. The number of hydrogen-bond acceptors (Lipinski definition) is 28. The van der Waals surface area contributed by atoms with Crippen LogP contribution in [0, 0.1) is 0 Å². The molecule has 9 rings (SSSR count). The maximum atomic E-state index is 12.5. The maximum Gasteiger partial charge on any atom is 0.326 e. The molecule has 0 aliphatic rings. The van der Waals surface area contributed by atoms with Gasteiger partial charge < -0.3 is 74.7 Å². The number of aromatic nitrogens is 12. The molecule has 32 heteroatoms. The highest BCUT2D eigenvalue weighted by molar-refractivity contribution is 5.99. The molecule has 0 aliphatic heterocycles. The van der Waals surface area contributed by atoms with E-state index in [9.17, 15) is 38.7 Å². The third-order valence-corrected chi connectivity index (χ3v) is 13.4. The van der Waals surface area contributed by atoms with Crippen LogP contribution in [0.5, 0.6) is 0 Å². The predicted molar refractivity (Wildman–Crippen MR) is 346 cm³/mol. The zero-order valence-electron chi connectivity index (χ0n) is 51.7. The summed E-state index contributed by atoms with van der Waals surface area (Å²) in [5, 5.41) is 23.1. The van der Waals surface area contributed by atoms with Gasteiger partial charge in [0.2, 0.25) is 17.8 Å². The summed E-state index contributed by atoms with van der Waals surface area (Å²) in [7, 11) is 5.62. The smallest absolute Gasteiger partial charge is 0.326 e. The summed E-state index contributed by atoms with van der Waals surface area (Å²) >= 11 is 0. The van der Waals surface area contributed by atoms with Gasteiger partial charge in [0.25, 0.3) is 11.8 Å². The van der Waals surface area contributed by atoms with Crippen molar-refractivity contribution in [2.24, 2.45) is 0 Å². The molecule has 6 aromatic heterocycles. The van der Waals surface area contributed by atoms with Crippen molar-refractivity contribution in [1.29, 1.82) is 0 Å². The fraction of sp³-hybridized carbons (Fsp3) is 0.283. The van der Waals surface area contributed by atoms with Crippen LogP contribution in [-0.4, -0.2) is 144 Å². The lowest BCUT2D eigenvalue weighted by Crippen LogP contribution is -2.41. The minimum atomic E-state index is -1.19. The second-order valence-electron chi connectivity index (χ2n) is 20.4. The van der Waals surface area contributed by atoms with Crippen molar-refractivity contribution in [2.75, 3.05) is 70.2 Å². The standard InChI is InChI=1S/2C21H24N8O4.C16H17N7O.C2H6/c1-11(30)3-8-15(20(32)33)26-19(31)12-4-6-14(7-5-12)29(2)10-13-9-24-18-16(25-13)17(22)27-21(23)28-18;1-11(30)15(7-8-16(31)32)26-20(33)12-3-5-14(6-4-12)29(2)10-13-9-24-19-17(25-13)18(22)27-21(23)28-19;1-9(24)10-3-5-12(6-4-10)23(2)8-11-7-19-15-13(20-11)14(17)21-16(18)22-15;1-2/h4-7,9,15H,3,8,10H2,1-2H3,(H,26,31)(H,32,33)(H4,22,23,24,27,28);3-6,9,15H,7-8,10H2,1-2H3,(H,26,33)(H,31,32)(H4,22,23,24,27,28);3-7H,8H2,1-2H3,(H4,17,18,19,21,22);1-2H3. The molecule has 2 atom stereocenters. The summed E-state index contributed by atoms with van der Waals surface area (Å²) in [5.74, 6) is -2.97. The topological polar surface area (TPSA) is 505 Å². The number of nitrogen functional groups attached to an aromatic ring is 6. The fourth-order valence-corrected chi connectivity index (χ4v) is 8.60. The summed E-state index contributed by atoms with van der Waals surface area (Å²) in [4.78, 5) is 137. The Hall–Kier alpha value is -12.0. The van der Waals surface area contributed by atoms with E-state index in [1.165, 1.54) is 13.8 Å². The Morgan fingerprint density at radius 2 is 0.761 bits per heavy atom. The lowest BCUT2D eigenvalue weighted by molar-refractivity contribution is -0.140. The Labute approximate surface area is 526 Å². The fourth-order valence-electron chi connectivity index (χ4n) is 8.60. The number of aliphatic carboxylic acids is 2. The van der Waals surface area contributed by atoms with Gasteiger partial charge in [0.15, 0.2) is 62.5 Å². The van der Waals surface area contributed by atoms with Crippen molar-refractivity contribution >= 4 is 127 Å². The largest absolute Gasteiger partial charge is 0.481 e. The quantitative estimate of drug-likeness (QED) is 0.0429. The molecule has 3 aromatic carbocycles. The van der Waals surface area contributed by atoms with Gasteiger partial charge in [-0.25, -0.2) is 34.7 Å². The molecule has 16 N–H and O–H groups in total. The first-order chi connectivity index (χ1) is 43.7. The highest BCUT2D eigenvalue weighted by atomic mass is 16.4. The SMILES string of the molecule is CC.CC(=O)C(CCC(=O)O)NC(=O)c1ccc(N(C)Cc2cnc3nc(N)nc(N)c3n2)cc1.CC(=O)CCC(NC(=O)c1ccc(N(C)Cc2cnc3nc(N)nc(N)c3n2)cc1)C(=O)O.CC(=O)c1ccc(N(C)Cc2cnc3nc(N)nc(N)c3n2)cc1. The highest BCUT2D eigenvalue weighted by Gasteiger charge is 2.23. The van der Waals surface area contributed by atoms with E-state index in [1.54, 1.807) is 86.2 Å². The molecular weight excluding hydrogens is 1190 g/mol. The number of carboxylic acid groups (broad SMARTS) is 2. The average Bonchev–Trinajstić information content (AvgIpc) is 1.07. The summed E-state index contributed by atoms with van der Waals surface area (Å²) < 4.78 is 0. The van der Waals surface area contributed by atoms with Gasteiger partial charge in [-0.1, -0.05) is 13.8 Å². The van der Waals surface area contributed by atoms with Crippen molar-refractivity contribution in [3.63, 3.8) is 0 Å². The molecule has 0 radical (unpaired) electrons. The normalized spacial score (nSPS) is 11.3. The van der Waals surface area contributed by atoms with E-state index >= 15 is 0 Å². The molecule has 480 valence electrons. The van der Waals surface area contributed by atoms with E-state index in [0.717, 1.165) is 22.8 Å². The molecule has 2 amide bonds. The van der Waals surface area contributed by atoms with Crippen LogP contribution in [0.3, 0.4) is 0 Å². The van der Waals surface area contributed by atoms with Crippen LogP contribution < -0.4 is 59.7 Å². The summed E-state index contributed by atoms with van der Waals surface area (Å²) in [5.41, 5.74) is 42.3. The zero-order chi connectivity index (χ0) is 67.5. The van der Waals surface area contributed by atoms with Gasteiger partial charge in [-0.3, -0.25) is 24.0 Å². The van der Waals surface area contributed by atoms with Gasteiger partial charge in [-0.15, -0.1) is 0 Å². The first kappa shape index (κ1) is 69.1. The Bertz CT molecular complexity index is 3960. The Morgan fingerprint density at radius 3 is 1.05 bits per heavy atom. The molecule has 0 saturated carbocycles. The van der Waals surface area contributed by atoms with E-state index in [1.807, 2.05) is 61.8 Å². The molecule has 6 heterocycles. The monoisotopic (exact) mass is 1260 g/mol. The summed E-state index contributed by atoms with van der Waals surface area (Å²) in [6.45, 7) is 9.55. The zero-order valence-corrected chi connectivity index (χ0v) is 51.7. The van der Waals surface area contributed by atoms with E-state index in [2.05, 4.69) is 70.4 Å². The third kappa shape index (κ3) is 19.3. The number of fused-ring (bicyclic) bond motifs is 3. The van der Waals surface area contributed by atoms with Crippen molar-refractivity contribution in [3.8, 4) is 0 Å². The van der Waals surface area contributed by atoms with Crippen LogP contribution in [0.4, 0.5) is 52.4 Å². The lowest BCUT2D eigenvalue weighted by atomic mass is 10.1. The molecule has 0 spiro atoms. The molecule has 9 aromatic rings. The number of hydrogen-bond donors (Lipinski definition) is 10. The number of carboxylic acids is 2. The molecule has 92 heavy (non-hydrogen) atoms. The number of carbonyl (C=O) groups excluding carboxylic acids is 5. The van der Waals surface area contributed by atoms with Crippen molar-refractivity contribution in [3.05, 3.63) is 125 Å². The van der Waals surface area contributed by atoms with E-state index in [0.29, 0.717) is 81.2 Å². The van der Waals surface area contributed by atoms with Crippen LogP contribution in [0.15, 0.2) is 91.4 Å². The molecule has 32 nitrogen and oxygen atoms in total. The summed E-state index contributed by atoms with van der Waals surface area (Å²) in [6, 6.07) is 18.8. The van der Waals surface area contributed by atoms with E-state index in [4.69, 9.17) is 39.5 Å². The molecular formula is C60H71N23O9. The molecule has 0 aliphatic carbocycles. The van der Waals surface area contributed by atoms with Gasteiger partial charge in [-0.05, 0) is 106 Å². The van der Waals surface area contributed by atoms with Gasteiger partial charge in [-0.2, -0.15) is 29.9 Å². The van der Waals surface area contributed by atoms with Crippen LogP contribution >= 0.6 is 0 Å². The Balaban J connectivity index is 0.000000219. The highest BCUT2D eigenvalue weighted by Crippen LogP contribution is 2.23. The lowest BCUT2D eigenvalue weighted by Gasteiger charge is -2.19. The second-order valence-corrected chi connectivity index (χ2v) is 20.4. The first-order valence-corrected chi connectivity index (χ1v) is 28.4. The molecule has 0 bridgehead atoms. The number of anilines is 9. The van der Waals surface area contributed by atoms with Crippen LogP contribution in [-0.2, 0) is 38.8 Å². The predicted octanol–water partition coefficient (Wildman–Crippen LogP) is 4.00. The van der Waals surface area contributed by atoms with Gasteiger partial charge in [0, 0.05) is 67.7 Å². The number of nitrogens with zero attached hydrogens (tertiary/aromatic N) is 15. The van der Waals surface area contributed by atoms with Crippen LogP contribution in [0.25, 0.3) is 33.5 Å². The number of benzene rings is 3. The minimum absolute atomic E-state index is 0.0248. The second kappa shape index (κ2) is 31.8. The van der Waals surface area contributed by atoms with E-state index in [-0.39, 0.29) is 78.3 Å². The number of nitrogens with one attached hydrogen (secondary N) is 2. The summed E-state index contributed by atoms with van der Waals surface area (Å²) in [6.07, 6.45) is 4.71. The van der Waals surface area contributed by atoms with Crippen molar-refractivity contribution < 1.29 is 43.8 Å². The third-order valence-electron chi connectivity index (χ3n) is 13.4. The maximum absolute atomic E-state index is 12.5. The van der Waals surface area contributed by atoms with Gasteiger partial charge >= 0.3 is 11.9 Å². The number of nitrogens with two attached hydrogens (primary N) is 6. The van der Waals surface area contributed by atoms with Crippen LogP contribution in [0.2, 0.25) is 0 Å². The van der Waals surface area contributed by atoms with E-state index < -0.39 is 35.8 Å². The number of amides is 2. The number of rotatable bonds is 22. The minimum Gasteiger partial charge on any atom is -0.481 e. The van der Waals surface area contributed by atoms with Gasteiger partial charge in [0.05, 0.1) is 61.3 Å². The molecule has 2 unspecified atom stereocenters. The first-order valence-electron chi connectivity index (χ1n) is 28.4. The van der Waals surface area contributed by atoms with Crippen molar-refractivity contribution in [1.82, 2.24) is 70.4 Å². The van der Waals surface area contributed by atoms with Gasteiger partial charge in [0.1, 0.15) is 11.8 Å². The Morgan fingerprint density at radius 1 is 0.446 bits per heavy atom. The average molecular weight is 1260 g/mol. The Kier molecular flexibility index (Phi) is 23.9. The molecule has 0 fully saturated rings. The number of carbonyl (C=O) groups is 7.